The van der Waals surface area contributed by atoms with Gasteiger partial charge in [-0.3, -0.25) is 0 Å². The molecule has 0 radical (unpaired) electrons. The molecule has 0 amide bonds. The minimum Gasteiger partial charge on any atom is -0.508 e. The van der Waals surface area contributed by atoms with Crippen molar-refractivity contribution in [3.8, 4) is 28.7 Å². The lowest BCUT2D eigenvalue weighted by atomic mass is 10.2. The summed E-state index contributed by atoms with van der Waals surface area (Å²) in [6, 6.07) is 9.72. The van der Waals surface area contributed by atoms with Crippen LogP contribution in [0.2, 0.25) is 0 Å². The van der Waals surface area contributed by atoms with Crippen LogP contribution in [0.4, 0.5) is 5.69 Å². The molecule has 0 aliphatic carbocycles. The summed E-state index contributed by atoms with van der Waals surface area (Å²) in [7, 11) is 3.12. The van der Waals surface area contributed by atoms with Gasteiger partial charge in [-0.15, -0.1) is 0 Å². The number of phenolic OH excluding ortho intramolecular Hbond substituents is 1. The Hall–Kier alpha value is -2.56. The van der Waals surface area contributed by atoms with Crippen LogP contribution in [0.1, 0.15) is 0 Å². The van der Waals surface area contributed by atoms with Gasteiger partial charge in [0, 0.05) is 12.1 Å². The third kappa shape index (κ3) is 2.82. The van der Waals surface area contributed by atoms with Crippen molar-refractivity contribution in [3.05, 3.63) is 36.4 Å². The number of nitrogen functional groups attached to an aromatic ring is 1. The standard InChI is InChI=1S/C14H15NO4/c1-17-13-6-4-10(8-14(13)18-2)19-12-5-3-9(16)7-11(12)15/h3-8,16H,15H2,1-2H3. The minimum absolute atomic E-state index is 0.0946. The highest BCUT2D eigenvalue weighted by molar-refractivity contribution is 5.57. The summed E-state index contributed by atoms with van der Waals surface area (Å²) in [5.74, 6) is 2.31. The quantitative estimate of drug-likeness (QED) is 0.828. The Kier molecular flexibility index (Phi) is 3.66. The zero-order chi connectivity index (χ0) is 13.8. The van der Waals surface area contributed by atoms with E-state index in [0.717, 1.165) is 0 Å². The van der Waals surface area contributed by atoms with Gasteiger partial charge in [0.2, 0.25) is 0 Å². The molecule has 2 rings (SSSR count). The van der Waals surface area contributed by atoms with E-state index in [4.69, 9.17) is 19.9 Å². The number of nitrogens with two attached hydrogens (primary N) is 1. The van der Waals surface area contributed by atoms with Crippen LogP contribution in [0.5, 0.6) is 28.7 Å². The molecule has 100 valence electrons. The van der Waals surface area contributed by atoms with Crippen LogP contribution < -0.4 is 19.9 Å². The van der Waals surface area contributed by atoms with Crippen LogP contribution in [0, 0.1) is 0 Å². The number of aromatic hydroxyl groups is 1. The molecule has 0 saturated carbocycles. The summed E-state index contributed by atoms with van der Waals surface area (Å²) in [4.78, 5) is 0. The van der Waals surface area contributed by atoms with Gasteiger partial charge >= 0.3 is 0 Å². The molecule has 0 heterocycles. The topological polar surface area (TPSA) is 73.9 Å². The zero-order valence-electron chi connectivity index (χ0n) is 10.7. The summed E-state index contributed by atoms with van der Waals surface area (Å²) < 4.78 is 16.0. The average molecular weight is 261 g/mol. The highest BCUT2D eigenvalue weighted by Crippen LogP contribution is 2.35. The Morgan fingerprint density at radius 2 is 1.58 bits per heavy atom. The summed E-state index contributed by atoms with van der Waals surface area (Å²) >= 11 is 0. The maximum Gasteiger partial charge on any atom is 0.164 e. The Morgan fingerprint density at radius 1 is 0.895 bits per heavy atom. The molecule has 0 saturated heterocycles. The van der Waals surface area contributed by atoms with Crippen molar-refractivity contribution in [1.82, 2.24) is 0 Å². The SMILES string of the molecule is COc1ccc(Oc2ccc(O)cc2N)cc1OC. The first kappa shape index (κ1) is 12.9. The summed E-state index contributed by atoms with van der Waals surface area (Å²) in [5, 5.41) is 9.28. The molecule has 2 aromatic carbocycles. The maximum absolute atomic E-state index is 9.28. The van der Waals surface area contributed by atoms with E-state index in [2.05, 4.69) is 0 Å². The summed E-state index contributed by atoms with van der Waals surface area (Å²) in [6.45, 7) is 0. The largest absolute Gasteiger partial charge is 0.508 e. The fourth-order valence-corrected chi connectivity index (χ4v) is 1.64. The number of benzene rings is 2. The third-order valence-electron chi connectivity index (χ3n) is 2.58. The van der Waals surface area contributed by atoms with E-state index in [1.165, 1.54) is 12.1 Å². The molecular formula is C14H15NO4. The monoisotopic (exact) mass is 261 g/mol. The van der Waals surface area contributed by atoms with E-state index >= 15 is 0 Å². The highest BCUT2D eigenvalue weighted by Gasteiger charge is 2.08. The first-order chi connectivity index (χ1) is 9.13. The van der Waals surface area contributed by atoms with Gasteiger partial charge in [0.15, 0.2) is 17.2 Å². The van der Waals surface area contributed by atoms with Crippen molar-refractivity contribution >= 4 is 5.69 Å². The van der Waals surface area contributed by atoms with E-state index in [1.54, 1.807) is 38.5 Å². The molecule has 0 aliphatic rings. The van der Waals surface area contributed by atoms with Crippen LogP contribution in [0.25, 0.3) is 0 Å². The second-order valence-electron chi connectivity index (χ2n) is 3.84. The second kappa shape index (κ2) is 5.39. The van der Waals surface area contributed by atoms with E-state index < -0.39 is 0 Å². The van der Waals surface area contributed by atoms with Crippen LogP contribution in [-0.2, 0) is 0 Å². The molecule has 0 spiro atoms. The molecule has 0 aliphatic heterocycles. The summed E-state index contributed by atoms with van der Waals surface area (Å²) in [5.41, 5.74) is 6.11. The molecule has 5 nitrogen and oxygen atoms in total. The van der Waals surface area contributed by atoms with E-state index in [9.17, 15) is 5.11 Å². The van der Waals surface area contributed by atoms with Crippen LogP contribution in [-0.4, -0.2) is 19.3 Å². The molecule has 5 heteroatoms. The minimum atomic E-state index is 0.0946. The second-order valence-corrected chi connectivity index (χ2v) is 3.84. The Balaban J connectivity index is 2.28. The van der Waals surface area contributed by atoms with Gasteiger partial charge < -0.3 is 25.1 Å². The van der Waals surface area contributed by atoms with Crippen molar-refractivity contribution < 1.29 is 19.3 Å². The number of phenols is 1. The molecule has 3 N–H and O–H groups in total. The van der Waals surface area contributed by atoms with Crippen molar-refractivity contribution in [2.75, 3.05) is 20.0 Å². The van der Waals surface area contributed by atoms with Crippen molar-refractivity contribution in [3.63, 3.8) is 0 Å². The molecule has 0 aromatic heterocycles. The molecule has 0 bridgehead atoms. The number of ether oxygens (including phenoxy) is 3. The summed E-state index contributed by atoms with van der Waals surface area (Å²) in [6.07, 6.45) is 0. The molecule has 19 heavy (non-hydrogen) atoms. The maximum atomic E-state index is 9.28. The fourth-order valence-electron chi connectivity index (χ4n) is 1.64. The number of methoxy groups -OCH3 is 2. The number of anilines is 1. The lowest BCUT2D eigenvalue weighted by Gasteiger charge is -2.12. The van der Waals surface area contributed by atoms with Crippen LogP contribution >= 0.6 is 0 Å². The lowest BCUT2D eigenvalue weighted by molar-refractivity contribution is 0.352. The van der Waals surface area contributed by atoms with Crippen molar-refractivity contribution in [2.24, 2.45) is 0 Å². The average Bonchev–Trinajstić information content (AvgIpc) is 2.41. The van der Waals surface area contributed by atoms with Gasteiger partial charge in [0.25, 0.3) is 0 Å². The smallest absolute Gasteiger partial charge is 0.164 e. The molecule has 0 atom stereocenters. The van der Waals surface area contributed by atoms with Crippen LogP contribution in [0.3, 0.4) is 0 Å². The Morgan fingerprint density at radius 3 is 2.21 bits per heavy atom. The molecule has 0 fully saturated rings. The Labute approximate surface area is 111 Å². The zero-order valence-corrected chi connectivity index (χ0v) is 10.7. The predicted octanol–water partition coefficient (Wildman–Crippen LogP) is 2.78. The van der Waals surface area contributed by atoms with E-state index in [0.29, 0.717) is 28.7 Å². The van der Waals surface area contributed by atoms with Gasteiger partial charge in [-0.2, -0.15) is 0 Å². The predicted molar refractivity (Wildman–Crippen MR) is 72.1 cm³/mol. The van der Waals surface area contributed by atoms with Gasteiger partial charge in [-0.05, 0) is 24.3 Å². The lowest BCUT2D eigenvalue weighted by Crippen LogP contribution is -1.94. The van der Waals surface area contributed by atoms with Crippen molar-refractivity contribution in [2.45, 2.75) is 0 Å². The highest BCUT2D eigenvalue weighted by atomic mass is 16.5. The Bertz CT molecular complexity index is 584. The molecule has 2 aromatic rings. The van der Waals surface area contributed by atoms with E-state index in [1.807, 2.05) is 0 Å². The van der Waals surface area contributed by atoms with Crippen molar-refractivity contribution in [1.29, 1.82) is 0 Å². The molecular weight excluding hydrogens is 246 g/mol. The van der Waals surface area contributed by atoms with Crippen LogP contribution in [0.15, 0.2) is 36.4 Å². The number of rotatable bonds is 4. The first-order valence-corrected chi connectivity index (χ1v) is 5.62. The first-order valence-electron chi connectivity index (χ1n) is 5.62. The van der Waals surface area contributed by atoms with Gasteiger partial charge in [0.1, 0.15) is 11.5 Å². The molecule has 0 unspecified atom stereocenters. The number of hydrogen-bond donors (Lipinski definition) is 2. The van der Waals surface area contributed by atoms with Gasteiger partial charge in [-0.25, -0.2) is 0 Å². The number of hydrogen-bond acceptors (Lipinski definition) is 5. The third-order valence-corrected chi connectivity index (χ3v) is 2.58. The van der Waals surface area contributed by atoms with E-state index in [-0.39, 0.29) is 5.75 Å². The van der Waals surface area contributed by atoms with Gasteiger partial charge in [-0.1, -0.05) is 0 Å². The fraction of sp³-hybridized carbons (Fsp3) is 0.143. The normalized spacial score (nSPS) is 10.0. The van der Waals surface area contributed by atoms with Gasteiger partial charge in [0.05, 0.1) is 19.9 Å².